The van der Waals surface area contributed by atoms with Gasteiger partial charge in [-0.15, -0.1) is 0 Å². The molecule has 1 aromatic carbocycles. The van der Waals surface area contributed by atoms with Gasteiger partial charge in [0.25, 0.3) is 0 Å². The van der Waals surface area contributed by atoms with E-state index in [0.29, 0.717) is 18.0 Å². The summed E-state index contributed by atoms with van der Waals surface area (Å²) in [4.78, 5) is 23.8. The van der Waals surface area contributed by atoms with E-state index in [1.165, 1.54) is 0 Å². The Morgan fingerprint density at radius 2 is 2.18 bits per heavy atom. The van der Waals surface area contributed by atoms with Gasteiger partial charge in [0.1, 0.15) is 6.04 Å². The predicted octanol–water partition coefficient (Wildman–Crippen LogP) is 1.78. The minimum absolute atomic E-state index is 0.0394. The molecule has 2 unspecified atom stereocenters. The van der Waals surface area contributed by atoms with Gasteiger partial charge in [0.2, 0.25) is 11.8 Å². The van der Waals surface area contributed by atoms with E-state index >= 15 is 0 Å². The molecule has 0 bridgehead atoms. The first-order valence-corrected chi connectivity index (χ1v) is 8.00. The van der Waals surface area contributed by atoms with Crippen molar-refractivity contribution in [2.24, 2.45) is 0 Å². The van der Waals surface area contributed by atoms with Crippen molar-refractivity contribution in [2.75, 3.05) is 13.1 Å². The molecule has 1 aliphatic rings. The molecule has 0 radical (unpaired) electrons. The molecular formula is C16H22ClN3O2. The number of halogens is 1. The second kappa shape index (κ2) is 8.15. The van der Waals surface area contributed by atoms with Crippen molar-refractivity contribution >= 4 is 23.4 Å². The molecule has 1 saturated heterocycles. The third kappa shape index (κ3) is 4.71. The van der Waals surface area contributed by atoms with Crippen molar-refractivity contribution in [3.8, 4) is 0 Å². The highest BCUT2D eigenvalue weighted by molar-refractivity contribution is 6.31. The Morgan fingerprint density at radius 1 is 1.41 bits per heavy atom. The summed E-state index contributed by atoms with van der Waals surface area (Å²) >= 11 is 6.13. The molecule has 2 rings (SSSR count). The number of carbonyl (C=O) groups is 2. The average molecular weight is 324 g/mol. The number of benzene rings is 1. The number of hydrogen-bond acceptors (Lipinski definition) is 3. The lowest BCUT2D eigenvalue weighted by molar-refractivity contribution is -0.128. The lowest BCUT2D eigenvalue weighted by Gasteiger charge is -2.18. The molecule has 0 saturated carbocycles. The molecular weight excluding hydrogens is 302 g/mol. The Bertz CT molecular complexity index is 536. The molecule has 2 amide bonds. The Morgan fingerprint density at radius 3 is 2.95 bits per heavy atom. The summed E-state index contributed by atoms with van der Waals surface area (Å²) in [5.74, 6) is -0.272. The van der Waals surface area contributed by atoms with Crippen molar-refractivity contribution in [3.63, 3.8) is 0 Å². The molecule has 1 aliphatic heterocycles. The predicted molar refractivity (Wildman–Crippen MR) is 86.7 cm³/mol. The number of amides is 2. The normalized spacial score (nSPS) is 19.9. The average Bonchev–Trinajstić information content (AvgIpc) is 2.70. The van der Waals surface area contributed by atoms with Crippen LogP contribution >= 0.6 is 11.6 Å². The van der Waals surface area contributed by atoms with E-state index in [9.17, 15) is 9.59 Å². The van der Waals surface area contributed by atoms with Gasteiger partial charge in [-0.2, -0.15) is 0 Å². The van der Waals surface area contributed by atoms with Crippen molar-refractivity contribution in [3.05, 3.63) is 34.9 Å². The molecule has 1 aromatic rings. The van der Waals surface area contributed by atoms with Crippen LogP contribution in [-0.2, 0) is 9.59 Å². The zero-order valence-corrected chi connectivity index (χ0v) is 13.5. The van der Waals surface area contributed by atoms with Crippen LogP contribution in [0.15, 0.2) is 24.3 Å². The van der Waals surface area contributed by atoms with Gasteiger partial charge >= 0.3 is 0 Å². The van der Waals surface area contributed by atoms with E-state index in [4.69, 9.17) is 11.6 Å². The van der Waals surface area contributed by atoms with E-state index in [1.54, 1.807) is 0 Å². The summed E-state index contributed by atoms with van der Waals surface area (Å²) in [6.45, 7) is 2.79. The number of nitrogens with one attached hydrogen (secondary N) is 3. The summed E-state index contributed by atoms with van der Waals surface area (Å²) in [7, 11) is 0. The van der Waals surface area contributed by atoms with Gasteiger partial charge in [0, 0.05) is 17.6 Å². The van der Waals surface area contributed by atoms with E-state index < -0.39 is 6.04 Å². The maximum absolute atomic E-state index is 12.0. The summed E-state index contributed by atoms with van der Waals surface area (Å²) < 4.78 is 0. The minimum Gasteiger partial charge on any atom is -0.354 e. The minimum atomic E-state index is -0.424. The van der Waals surface area contributed by atoms with Crippen LogP contribution in [0.1, 0.15) is 37.8 Å². The summed E-state index contributed by atoms with van der Waals surface area (Å²) in [5.41, 5.74) is 0.948. The van der Waals surface area contributed by atoms with Crippen LogP contribution in [0.2, 0.25) is 5.02 Å². The molecule has 0 spiro atoms. The molecule has 5 nitrogen and oxygen atoms in total. The number of carbonyl (C=O) groups excluding carboxylic acids is 2. The first-order chi connectivity index (χ1) is 10.6. The third-order valence-corrected chi connectivity index (χ3v) is 4.16. The lowest BCUT2D eigenvalue weighted by atomic mass is 10.1. The summed E-state index contributed by atoms with van der Waals surface area (Å²) in [6, 6.07) is 7.07. The number of hydrogen-bond donors (Lipinski definition) is 3. The SMILES string of the molecule is CC(NCC(=O)NC1CCCCNC1=O)c1ccccc1Cl. The smallest absolute Gasteiger partial charge is 0.242 e. The highest BCUT2D eigenvalue weighted by Gasteiger charge is 2.22. The van der Waals surface area contributed by atoms with Gasteiger partial charge in [0.15, 0.2) is 0 Å². The summed E-state index contributed by atoms with van der Waals surface area (Å²) in [6.07, 6.45) is 2.59. The van der Waals surface area contributed by atoms with Crippen LogP contribution in [0.4, 0.5) is 0 Å². The fraction of sp³-hybridized carbons (Fsp3) is 0.500. The maximum Gasteiger partial charge on any atom is 0.242 e. The van der Waals surface area contributed by atoms with E-state index in [2.05, 4.69) is 16.0 Å². The molecule has 1 fully saturated rings. The molecule has 0 aliphatic carbocycles. The molecule has 0 aromatic heterocycles. The van der Waals surface area contributed by atoms with Crippen LogP contribution < -0.4 is 16.0 Å². The zero-order valence-electron chi connectivity index (χ0n) is 12.7. The van der Waals surface area contributed by atoms with Gasteiger partial charge in [-0.3, -0.25) is 9.59 Å². The van der Waals surface area contributed by atoms with Crippen LogP contribution in [-0.4, -0.2) is 30.9 Å². The van der Waals surface area contributed by atoms with E-state index in [0.717, 1.165) is 18.4 Å². The highest BCUT2D eigenvalue weighted by Crippen LogP contribution is 2.21. The molecule has 22 heavy (non-hydrogen) atoms. The maximum atomic E-state index is 12.0. The molecule has 120 valence electrons. The van der Waals surface area contributed by atoms with E-state index in [-0.39, 0.29) is 24.4 Å². The lowest BCUT2D eigenvalue weighted by Crippen LogP contribution is -2.48. The Kier molecular flexibility index (Phi) is 6.21. The highest BCUT2D eigenvalue weighted by atomic mass is 35.5. The number of rotatable bonds is 5. The van der Waals surface area contributed by atoms with Crippen molar-refractivity contribution in [1.82, 2.24) is 16.0 Å². The Hall–Kier alpha value is -1.59. The van der Waals surface area contributed by atoms with Gasteiger partial charge < -0.3 is 16.0 Å². The first kappa shape index (κ1) is 16.8. The zero-order chi connectivity index (χ0) is 15.9. The largest absolute Gasteiger partial charge is 0.354 e. The fourth-order valence-electron chi connectivity index (χ4n) is 2.50. The monoisotopic (exact) mass is 323 g/mol. The molecule has 3 N–H and O–H groups in total. The van der Waals surface area contributed by atoms with Gasteiger partial charge in [0.05, 0.1) is 6.54 Å². The van der Waals surface area contributed by atoms with Gasteiger partial charge in [-0.25, -0.2) is 0 Å². The molecule has 6 heteroatoms. The van der Waals surface area contributed by atoms with Crippen LogP contribution in [0, 0.1) is 0 Å². The van der Waals surface area contributed by atoms with Crippen molar-refractivity contribution in [1.29, 1.82) is 0 Å². The third-order valence-electron chi connectivity index (χ3n) is 3.81. The Balaban J connectivity index is 1.82. The van der Waals surface area contributed by atoms with Crippen molar-refractivity contribution in [2.45, 2.75) is 38.3 Å². The second-order valence-corrected chi connectivity index (χ2v) is 5.94. The second-order valence-electron chi connectivity index (χ2n) is 5.53. The topological polar surface area (TPSA) is 70.2 Å². The van der Waals surface area contributed by atoms with E-state index in [1.807, 2.05) is 31.2 Å². The van der Waals surface area contributed by atoms with Crippen LogP contribution in [0.5, 0.6) is 0 Å². The van der Waals surface area contributed by atoms with Crippen molar-refractivity contribution < 1.29 is 9.59 Å². The Labute approximate surface area is 135 Å². The van der Waals surface area contributed by atoms with Gasteiger partial charge in [-0.1, -0.05) is 29.8 Å². The molecule has 2 atom stereocenters. The fourth-order valence-corrected chi connectivity index (χ4v) is 2.80. The van der Waals surface area contributed by atoms with Crippen LogP contribution in [0.25, 0.3) is 0 Å². The first-order valence-electron chi connectivity index (χ1n) is 7.63. The van der Waals surface area contributed by atoms with Crippen LogP contribution in [0.3, 0.4) is 0 Å². The standard InChI is InChI=1S/C16H22ClN3O2/c1-11(12-6-2-3-7-13(12)17)19-10-15(21)20-14-8-4-5-9-18-16(14)22/h2-3,6-7,11,14,19H,4-5,8-10H2,1H3,(H,18,22)(H,20,21). The molecule has 1 heterocycles. The summed E-state index contributed by atoms with van der Waals surface area (Å²) in [5, 5.41) is 9.39. The quantitative estimate of drug-likeness (QED) is 0.773. The van der Waals surface area contributed by atoms with Gasteiger partial charge in [-0.05, 0) is 37.8 Å².